The average molecular weight is 289 g/mol. The number of nitrogens with one attached hydrogen (secondary N) is 1. The van der Waals surface area contributed by atoms with Crippen molar-refractivity contribution in [1.29, 1.82) is 0 Å². The maximum absolute atomic E-state index is 12.4. The van der Waals surface area contributed by atoms with Crippen LogP contribution in [0.15, 0.2) is 34.0 Å². The molecule has 0 aliphatic carbocycles. The standard InChI is InChI=1S/C11H6F3NO3S/c12-11(13,14)19-9-7(10(17)18)15-6-4-2-1-3-5(6)8(9)16/h1-4H,(H,15,16)(H,17,18). The summed E-state index contributed by atoms with van der Waals surface area (Å²) in [7, 11) is 0. The molecule has 8 heteroatoms. The number of carbonyl (C=O) groups is 1. The molecule has 0 atom stereocenters. The molecule has 0 spiro atoms. The molecular formula is C11H6F3NO3S. The first-order chi connectivity index (χ1) is 8.79. The minimum absolute atomic E-state index is 0.0132. The van der Waals surface area contributed by atoms with E-state index < -0.39 is 39.3 Å². The highest BCUT2D eigenvalue weighted by Crippen LogP contribution is 2.37. The number of aromatic carboxylic acids is 1. The number of fused-ring (bicyclic) bond motifs is 1. The minimum atomic E-state index is -4.74. The molecular weight excluding hydrogens is 283 g/mol. The maximum Gasteiger partial charge on any atom is 0.446 e. The summed E-state index contributed by atoms with van der Waals surface area (Å²) in [5.41, 5.74) is -6.27. The smallest absolute Gasteiger partial charge is 0.446 e. The van der Waals surface area contributed by atoms with Crippen molar-refractivity contribution in [2.24, 2.45) is 0 Å². The summed E-state index contributed by atoms with van der Waals surface area (Å²) in [5, 5.41) is 8.91. The number of hydrogen-bond donors (Lipinski definition) is 2. The number of H-pyrrole nitrogens is 1. The zero-order valence-corrected chi connectivity index (χ0v) is 9.93. The molecule has 100 valence electrons. The van der Waals surface area contributed by atoms with Crippen LogP contribution in [0.5, 0.6) is 0 Å². The largest absolute Gasteiger partial charge is 0.477 e. The molecule has 0 bridgehead atoms. The fraction of sp³-hybridized carbons (Fsp3) is 0.0909. The zero-order valence-electron chi connectivity index (χ0n) is 9.12. The lowest BCUT2D eigenvalue weighted by atomic mass is 10.2. The second-order valence-corrected chi connectivity index (χ2v) is 4.63. The molecule has 1 aromatic heterocycles. The van der Waals surface area contributed by atoms with E-state index >= 15 is 0 Å². The van der Waals surface area contributed by atoms with E-state index in [9.17, 15) is 22.8 Å². The topological polar surface area (TPSA) is 70.2 Å². The number of rotatable bonds is 2. The van der Waals surface area contributed by atoms with Crippen LogP contribution in [0, 0.1) is 0 Å². The highest BCUT2D eigenvalue weighted by atomic mass is 32.2. The molecule has 0 radical (unpaired) electrons. The fourth-order valence-electron chi connectivity index (χ4n) is 1.58. The Bertz CT molecular complexity index is 708. The number of aromatic amines is 1. The SMILES string of the molecule is O=C(O)c1[nH]c2ccccc2c(=O)c1SC(F)(F)F. The van der Waals surface area contributed by atoms with Crippen LogP contribution in [0.25, 0.3) is 10.9 Å². The first-order valence-electron chi connectivity index (χ1n) is 4.93. The van der Waals surface area contributed by atoms with Gasteiger partial charge in [-0.1, -0.05) is 12.1 Å². The Morgan fingerprint density at radius 3 is 2.47 bits per heavy atom. The summed E-state index contributed by atoms with van der Waals surface area (Å²) in [4.78, 5) is 24.4. The molecule has 0 fully saturated rings. The molecule has 4 nitrogen and oxygen atoms in total. The Kier molecular flexibility index (Phi) is 3.27. The van der Waals surface area contributed by atoms with Gasteiger partial charge < -0.3 is 10.1 Å². The summed E-state index contributed by atoms with van der Waals surface area (Å²) >= 11 is -0.727. The Hall–Kier alpha value is -1.96. The van der Waals surface area contributed by atoms with E-state index in [1.807, 2.05) is 0 Å². The number of pyridine rings is 1. The van der Waals surface area contributed by atoms with Crippen molar-refractivity contribution in [3.05, 3.63) is 40.2 Å². The summed E-state index contributed by atoms with van der Waals surface area (Å²) < 4.78 is 37.1. The molecule has 2 rings (SSSR count). The third kappa shape index (κ3) is 2.73. The van der Waals surface area contributed by atoms with Crippen molar-refractivity contribution in [1.82, 2.24) is 4.98 Å². The lowest BCUT2D eigenvalue weighted by molar-refractivity contribution is -0.0328. The van der Waals surface area contributed by atoms with Crippen LogP contribution in [0.2, 0.25) is 0 Å². The van der Waals surface area contributed by atoms with Crippen LogP contribution >= 0.6 is 11.8 Å². The van der Waals surface area contributed by atoms with Gasteiger partial charge in [0.15, 0.2) is 0 Å². The molecule has 2 N–H and O–H groups in total. The fourth-order valence-corrected chi connectivity index (χ4v) is 2.26. The van der Waals surface area contributed by atoms with Gasteiger partial charge in [-0.05, 0) is 23.9 Å². The van der Waals surface area contributed by atoms with Crippen LogP contribution in [-0.2, 0) is 0 Å². The van der Waals surface area contributed by atoms with Crippen molar-refractivity contribution < 1.29 is 23.1 Å². The second kappa shape index (κ2) is 4.61. The monoisotopic (exact) mass is 289 g/mol. The van der Waals surface area contributed by atoms with Crippen LogP contribution in [0.3, 0.4) is 0 Å². The van der Waals surface area contributed by atoms with Gasteiger partial charge in [0.25, 0.3) is 0 Å². The van der Waals surface area contributed by atoms with Crippen molar-refractivity contribution in [2.75, 3.05) is 0 Å². The van der Waals surface area contributed by atoms with Gasteiger partial charge in [0.1, 0.15) is 5.69 Å². The average Bonchev–Trinajstić information content (AvgIpc) is 2.31. The highest BCUT2D eigenvalue weighted by Gasteiger charge is 2.33. The number of carboxylic acid groups (broad SMARTS) is 1. The van der Waals surface area contributed by atoms with Gasteiger partial charge in [0.2, 0.25) is 5.43 Å². The van der Waals surface area contributed by atoms with Gasteiger partial charge >= 0.3 is 11.5 Å². The van der Waals surface area contributed by atoms with Gasteiger partial charge in [-0.25, -0.2) is 4.79 Å². The molecule has 0 unspecified atom stereocenters. The number of hydrogen-bond acceptors (Lipinski definition) is 3. The molecule has 0 aliphatic rings. The van der Waals surface area contributed by atoms with Crippen molar-refractivity contribution in [2.45, 2.75) is 10.4 Å². The Morgan fingerprint density at radius 2 is 1.89 bits per heavy atom. The first-order valence-corrected chi connectivity index (χ1v) is 5.75. The number of benzene rings is 1. The van der Waals surface area contributed by atoms with E-state index in [-0.39, 0.29) is 10.9 Å². The molecule has 1 heterocycles. The summed E-state index contributed by atoms with van der Waals surface area (Å²) in [5.74, 6) is -1.62. The summed E-state index contributed by atoms with van der Waals surface area (Å²) in [6, 6.07) is 5.78. The van der Waals surface area contributed by atoms with Crippen LogP contribution in [0.1, 0.15) is 10.5 Å². The predicted octanol–water partition coefficient (Wildman–Crippen LogP) is 2.84. The normalized spacial score (nSPS) is 11.7. The van der Waals surface area contributed by atoms with Gasteiger partial charge in [-0.2, -0.15) is 13.2 Å². The van der Waals surface area contributed by atoms with Gasteiger partial charge in [0.05, 0.1) is 4.90 Å². The number of para-hydroxylation sites is 1. The lowest BCUT2D eigenvalue weighted by Crippen LogP contribution is -2.17. The zero-order chi connectivity index (χ0) is 14.2. The van der Waals surface area contributed by atoms with Crippen LogP contribution in [-0.4, -0.2) is 21.6 Å². The first kappa shape index (κ1) is 13.5. The van der Waals surface area contributed by atoms with Crippen LogP contribution < -0.4 is 5.43 Å². The van der Waals surface area contributed by atoms with E-state index in [1.165, 1.54) is 18.2 Å². The molecule has 0 amide bonds. The lowest BCUT2D eigenvalue weighted by Gasteiger charge is -2.09. The molecule has 0 saturated carbocycles. The Balaban J connectivity index is 2.79. The molecule has 2 aromatic rings. The molecule has 1 aromatic carbocycles. The van der Waals surface area contributed by atoms with E-state index in [4.69, 9.17) is 5.11 Å². The van der Waals surface area contributed by atoms with Crippen molar-refractivity contribution in [3.8, 4) is 0 Å². The van der Waals surface area contributed by atoms with E-state index in [2.05, 4.69) is 4.98 Å². The highest BCUT2D eigenvalue weighted by molar-refractivity contribution is 8.00. The molecule has 0 aliphatic heterocycles. The molecule has 19 heavy (non-hydrogen) atoms. The summed E-state index contributed by atoms with van der Waals surface area (Å²) in [6.07, 6.45) is 0. The Morgan fingerprint density at radius 1 is 1.26 bits per heavy atom. The van der Waals surface area contributed by atoms with Crippen molar-refractivity contribution in [3.63, 3.8) is 0 Å². The van der Waals surface area contributed by atoms with E-state index in [0.717, 1.165) is 0 Å². The minimum Gasteiger partial charge on any atom is -0.477 e. The number of halogens is 3. The van der Waals surface area contributed by atoms with Gasteiger partial charge in [-0.15, -0.1) is 0 Å². The third-order valence-electron chi connectivity index (χ3n) is 2.30. The number of alkyl halides is 3. The summed E-state index contributed by atoms with van der Waals surface area (Å²) in [6.45, 7) is 0. The van der Waals surface area contributed by atoms with Crippen molar-refractivity contribution >= 4 is 28.6 Å². The van der Waals surface area contributed by atoms with Gasteiger partial charge in [-0.3, -0.25) is 4.79 Å². The van der Waals surface area contributed by atoms with Crippen LogP contribution in [0.4, 0.5) is 13.2 Å². The Labute approximate surface area is 108 Å². The third-order valence-corrected chi connectivity index (χ3v) is 3.12. The predicted molar refractivity (Wildman–Crippen MR) is 63.4 cm³/mol. The molecule has 0 saturated heterocycles. The number of thioether (sulfide) groups is 1. The number of aromatic nitrogens is 1. The number of carboxylic acids is 1. The maximum atomic E-state index is 12.4. The second-order valence-electron chi connectivity index (χ2n) is 3.56. The quantitative estimate of drug-likeness (QED) is 0.834. The van der Waals surface area contributed by atoms with E-state index in [0.29, 0.717) is 0 Å². The van der Waals surface area contributed by atoms with E-state index in [1.54, 1.807) is 6.07 Å². The van der Waals surface area contributed by atoms with Gasteiger partial charge in [0, 0.05) is 10.9 Å².